The van der Waals surface area contributed by atoms with E-state index in [1.54, 1.807) is 0 Å². The monoisotopic (exact) mass is 318 g/mol. The van der Waals surface area contributed by atoms with Gasteiger partial charge in [0.15, 0.2) is 9.84 Å². The molecule has 2 atom stereocenters. The van der Waals surface area contributed by atoms with E-state index in [1.165, 1.54) is 17.6 Å². The summed E-state index contributed by atoms with van der Waals surface area (Å²) in [7, 11) is -3.03. The molecule has 1 aromatic heterocycles. The Bertz CT molecular complexity index is 540. The quantitative estimate of drug-likeness (QED) is 0.889. The molecular formula is C13H22N2O3S2. The minimum atomic E-state index is -3.03. The van der Waals surface area contributed by atoms with Gasteiger partial charge in [0.25, 0.3) is 0 Å². The molecule has 1 aliphatic rings. The van der Waals surface area contributed by atoms with Crippen molar-refractivity contribution in [2.24, 2.45) is 0 Å². The molecule has 0 spiro atoms. The van der Waals surface area contributed by atoms with Crippen LogP contribution in [0.3, 0.4) is 0 Å². The molecule has 0 bridgehead atoms. The average Bonchev–Trinajstić information content (AvgIpc) is 2.74. The highest BCUT2D eigenvalue weighted by molar-refractivity contribution is 7.90. The van der Waals surface area contributed by atoms with Crippen molar-refractivity contribution in [2.75, 3.05) is 12.8 Å². The van der Waals surface area contributed by atoms with Crippen molar-refractivity contribution in [1.82, 2.24) is 9.88 Å². The van der Waals surface area contributed by atoms with E-state index in [9.17, 15) is 13.5 Å². The van der Waals surface area contributed by atoms with Gasteiger partial charge in [-0.05, 0) is 26.3 Å². The van der Waals surface area contributed by atoms with E-state index in [-0.39, 0.29) is 17.9 Å². The summed E-state index contributed by atoms with van der Waals surface area (Å²) in [6.07, 6.45) is 4.19. The molecule has 1 N–H and O–H groups in total. The average molecular weight is 318 g/mol. The molecule has 7 heteroatoms. The zero-order valence-electron chi connectivity index (χ0n) is 11.9. The Morgan fingerprint density at radius 1 is 1.55 bits per heavy atom. The van der Waals surface area contributed by atoms with E-state index >= 15 is 0 Å². The third-order valence-corrected chi connectivity index (χ3v) is 5.45. The molecule has 114 valence electrons. The molecule has 5 nitrogen and oxygen atoms in total. The highest BCUT2D eigenvalue weighted by atomic mass is 32.2. The van der Waals surface area contributed by atoms with Crippen molar-refractivity contribution in [1.29, 1.82) is 0 Å². The highest BCUT2D eigenvalue weighted by Crippen LogP contribution is 2.23. The van der Waals surface area contributed by atoms with Crippen LogP contribution >= 0.6 is 11.3 Å². The smallest absolute Gasteiger partial charge is 0.153 e. The van der Waals surface area contributed by atoms with Crippen LogP contribution in [0.15, 0.2) is 5.38 Å². The third-order valence-electron chi connectivity index (χ3n) is 3.57. The van der Waals surface area contributed by atoms with Gasteiger partial charge >= 0.3 is 0 Å². The molecule has 0 amide bonds. The maximum Gasteiger partial charge on any atom is 0.153 e. The molecule has 1 aromatic rings. The Kier molecular flexibility index (Phi) is 5.17. The van der Waals surface area contributed by atoms with Gasteiger partial charge in [-0.15, -0.1) is 11.3 Å². The number of aliphatic hydroxyl groups is 1. The van der Waals surface area contributed by atoms with E-state index in [0.29, 0.717) is 11.6 Å². The molecule has 0 radical (unpaired) electrons. The molecule has 1 aliphatic heterocycles. The normalized spacial score (nSPS) is 22.9. The first kappa shape index (κ1) is 15.9. The van der Waals surface area contributed by atoms with Gasteiger partial charge in [0.1, 0.15) is 10.8 Å². The molecule has 20 heavy (non-hydrogen) atoms. The molecule has 0 saturated carbocycles. The maximum atomic E-state index is 11.3. The maximum absolute atomic E-state index is 11.3. The van der Waals surface area contributed by atoms with Gasteiger partial charge in [0, 0.05) is 24.2 Å². The summed E-state index contributed by atoms with van der Waals surface area (Å²) in [6, 6.07) is 0.184. The fourth-order valence-electron chi connectivity index (χ4n) is 2.68. The number of piperidine rings is 1. The number of hydrogen-bond donors (Lipinski definition) is 1. The molecule has 2 unspecified atom stereocenters. The van der Waals surface area contributed by atoms with Crippen molar-refractivity contribution in [3.8, 4) is 0 Å². The summed E-state index contributed by atoms with van der Waals surface area (Å²) in [5, 5.41) is 12.4. The molecular weight excluding hydrogens is 296 g/mol. The first-order valence-electron chi connectivity index (χ1n) is 6.88. The first-order chi connectivity index (χ1) is 9.35. The Balaban J connectivity index is 2.02. The highest BCUT2D eigenvalue weighted by Gasteiger charge is 2.26. The lowest BCUT2D eigenvalue weighted by molar-refractivity contribution is 0.0310. The summed E-state index contributed by atoms with van der Waals surface area (Å²) < 4.78 is 22.5. The number of thiazole rings is 1. The fraction of sp³-hybridized carbons (Fsp3) is 0.769. The Morgan fingerprint density at radius 2 is 2.30 bits per heavy atom. The van der Waals surface area contributed by atoms with Crippen LogP contribution in [0.25, 0.3) is 0 Å². The lowest BCUT2D eigenvalue weighted by Crippen LogP contribution is -2.45. The summed E-state index contributed by atoms with van der Waals surface area (Å²) in [5.74, 6) is 0.0114. The van der Waals surface area contributed by atoms with Crippen LogP contribution in [0.1, 0.15) is 36.9 Å². The van der Waals surface area contributed by atoms with E-state index in [1.807, 2.05) is 12.3 Å². The van der Waals surface area contributed by atoms with Crippen LogP contribution in [0.2, 0.25) is 0 Å². The van der Waals surface area contributed by atoms with E-state index in [2.05, 4.69) is 9.88 Å². The molecule has 1 fully saturated rings. The second kappa shape index (κ2) is 6.51. The second-order valence-corrected chi connectivity index (χ2v) is 8.66. The van der Waals surface area contributed by atoms with Crippen LogP contribution in [0.5, 0.6) is 0 Å². The number of sulfone groups is 1. The van der Waals surface area contributed by atoms with Crippen LogP contribution in [-0.4, -0.2) is 48.4 Å². The molecule has 0 aromatic carbocycles. The topological polar surface area (TPSA) is 70.5 Å². The van der Waals surface area contributed by atoms with Crippen molar-refractivity contribution >= 4 is 21.2 Å². The van der Waals surface area contributed by atoms with Gasteiger partial charge in [0.05, 0.1) is 11.8 Å². The van der Waals surface area contributed by atoms with Crippen LogP contribution in [0.4, 0.5) is 0 Å². The Morgan fingerprint density at radius 3 is 2.95 bits per heavy atom. The van der Waals surface area contributed by atoms with Gasteiger partial charge in [-0.2, -0.15) is 0 Å². The predicted octanol–water partition coefficient (Wildman–Crippen LogP) is 1.42. The number of likely N-dealkylation sites (tertiary alicyclic amines) is 1. The zero-order valence-corrected chi connectivity index (χ0v) is 13.6. The van der Waals surface area contributed by atoms with E-state index < -0.39 is 9.84 Å². The van der Waals surface area contributed by atoms with Gasteiger partial charge in [-0.3, -0.25) is 4.90 Å². The molecule has 2 heterocycles. The van der Waals surface area contributed by atoms with Crippen LogP contribution in [0, 0.1) is 0 Å². The number of aromatic nitrogens is 1. The van der Waals surface area contributed by atoms with Crippen molar-refractivity contribution < 1.29 is 13.5 Å². The SMILES string of the molecule is CC(O)C1CCCCN1Cc1csc(CS(C)(=O)=O)n1. The van der Waals surface area contributed by atoms with Gasteiger partial charge in [0.2, 0.25) is 0 Å². The second-order valence-electron chi connectivity index (χ2n) is 5.58. The van der Waals surface area contributed by atoms with Crippen molar-refractivity contribution in [3.05, 3.63) is 16.1 Å². The minimum Gasteiger partial charge on any atom is -0.392 e. The van der Waals surface area contributed by atoms with Gasteiger partial charge < -0.3 is 5.11 Å². The molecule has 1 saturated heterocycles. The zero-order chi connectivity index (χ0) is 14.8. The van der Waals surface area contributed by atoms with Gasteiger partial charge in [-0.25, -0.2) is 13.4 Å². The number of nitrogens with zero attached hydrogens (tertiary/aromatic N) is 2. The number of hydrogen-bond acceptors (Lipinski definition) is 6. The minimum absolute atomic E-state index is 0.0114. The standard InChI is InChI=1S/C13H22N2O3S2/c1-10(16)12-5-3-4-6-15(12)7-11-8-19-13(14-11)9-20(2,17)18/h8,10,12,16H,3-7,9H2,1-2H3. The Labute approximate surface area is 124 Å². The van der Waals surface area contributed by atoms with Crippen molar-refractivity contribution in [3.63, 3.8) is 0 Å². The summed E-state index contributed by atoms with van der Waals surface area (Å²) >= 11 is 1.40. The van der Waals surface area contributed by atoms with Crippen LogP contribution < -0.4 is 0 Å². The predicted molar refractivity (Wildman–Crippen MR) is 80.4 cm³/mol. The van der Waals surface area contributed by atoms with E-state index in [0.717, 1.165) is 31.5 Å². The molecule has 2 rings (SSSR count). The lowest BCUT2D eigenvalue weighted by Gasteiger charge is -2.36. The summed E-state index contributed by atoms with van der Waals surface area (Å²) in [4.78, 5) is 6.66. The number of rotatable bonds is 5. The van der Waals surface area contributed by atoms with Crippen molar-refractivity contribution in [2.45, 2.75) is 50.6 Å². The largest absolute Gasteiger partial charge is 0.392 e. The van der Waals surface area contributed by atoms with Gasteiger partial charge in [-0.1, -0.05) is 6.42 Å². The molecule has 0 aliphatic carbocycles. The first-order valence-corrected chi connectivity index (χ1v) is 9.82. The van der Waals surface area contributed by atoms with Crippen LogP contribution in [-0.2, 0) is 22.1 Å². The fourth-order valence-corrected chi connectivity index (χ4v) is 4.68. The Hall–Kier alpha value is -0.500. The summed E-state index contributed by atoms with van der Waals surface area (Å²) in [6.45, 7) is 3.49. The third kappa shape index (κ3) is 4.51. The van der Waals surface area contributed by atoms with E-state index in [4.69, 9.17) is 0 Å². The lowest BCUT2D eigenvalue weighted by atomic mass is 9.98. The number of aliphatic hydroxyl groups excluding tert-OH is 1. The summed E-state index contributed by atoms with van der Waals surface area (Å²) in [5.41, 5.74) is 0.904.